The van der Waals surface area contributed by atoms with Gasteiger partial charge in [-0.25, -0.2) is 4.39 Å². The lowest BCUT2D eigenvalue weighted by atomic mass is 9.84. The summed E-state index contributed by atoms with van der Waals surface area (Å²) >= 11 is 0. The van der Waals surface area contributed by atoms with Gasteiger partial charge in [-0.3, -0.25) is 0 Å². The molecule has 0 amide bonds. The molecule has 0 bridgehead atoms. The van der Waals surface area contributed by atoms with Crippen molar-refractivity contribution in [3.8, 4) is 0 Å². The molecule has 0 spiro atoms. The van der Waals surface area contributed by atoms with E-state index in [9.17, 15) is 57.1 Å². The summed E-state index contributed by atoms with van der Waals surface area (Å²) in [6.07, 6.45) is -17.6. The molecule has 0 heterocycles. The minimum absolute atomic E-state index is 3.32. The maximum atomic E-state index is 13.3. The molecule has 1 atom stereocenters. The van der Waals surface area contributed by atoms with Crippen molar-refractivity contribution < 1.29 is 57.1 Å². The molecule has 1 fully saturated rings. The Morgan fingerprint density at radius 3 is 1.19 bits per heavy atom. The minimum Gasteiger partial charge on any atom is -0.223 e. The predicted molar refractivity (Wildman–Crippen MR) is 38.9 cm³/mol. The summed E-state index contributed by atoms with van der Waals surface area (Å²) < 4.78 is 163. The topological polar surface area (TPSA) is 0 Å². The Bertz CT molecular complexity index is 399. The third-order valence-electron chi connectivity index (χ3n) is 3.08. The first-order valence-corrected chi connectivity index (χ1v) is 4.80. The van der Waals surface area contributed by atoms with Crippen LogP contribution in [0.15, 0.2) is 0 Å². The maximum absolute atomic E-state index is 13.3. The van der Waals surface area contributed by atoms with Gasteiger partial charge in [0.25, 0.3) is 0 Å². The van der Waals surface area contributed by atoms with Crippen LogP contribution in [0, 0.1) is 5.92 Å². The Hall–Kier alpha value is -0.910. The monoisotopic (exact) mass is 346 g/mol. The largest absolute Gasteiger partial charge is 0.432 e. The van der Waals surface area contributed by atoms with E-state index in [0.717, 1.165) is 0 Å². The molecule has 0 radical (unpaired) electrons. The van der Waals surface area contributed by atoms with Crippen molar-refractivity contribution >= 4 is 0 Å². The van der Waals surface area contributed by atoms with E-state index in [1.807, 2.05) is 0 Å². The molecular formula is C8H3F13. The molecular weight excluding hydrogens is 343 g/mol. The summed E-state index contributed by atoms with van der Waals surface area (Å²) in [5.41, 5.74) is -6.91. The lowest BCUT2D eigenvalue weighted by Gasteiger charge is -2.37. The molecule has 0 saturated heterocycles. The van der Waals surface area contributed by atoms with Crippen molar-refractivity contribution in [2.24, 2.45) is 5.92 Å². The standard InChI is InChI=1S/C8H3F13/c9-3(10)1-2(5(12,13)6(3,14)15)4(11,7(16,17)18)8(19,20)21/h2H,1H2. The van der Waals surface area contributed by atoms with Gasteiger partial charge in [0.1, 0.15) is 0 Å². The summed E-state index contributed by atoms with van der Waals surface area (Å²) in [5, 5.41) is 0. The van der Waals surface area contributed by atoms with Crippen LogP contribution in [0.3, 0.4) is 0 Å². The first-order valence-electron chi connectivity index (χ1n) is 4.80. The quantitative estimate of drug-likeness (QED) is 0.602. The van der Waals surface area contributed by atoms with Gasteiger partial charge in [0.05, 0.1) is 5.92 Å². The van der Waals surface area contributed by atoms with Gasteiger partial charge >= 0.3 is 35.8 Å². The van der Waals surface area contributed by atoms with Crippen LogP contribution in [0.5, 0.6) is 0 Å². The van der Waals surface area contributed by atoms with Gasteiger partial charge in [0, 0.05) is 6.42 Å². The molecule has 1 aliphatic rings. The van der Waals surface area contributed by atoms with E-state index < -0.39 is 48.1 Å². The minimum atomic E-state index is -7.14. The molecule has 21 heavy (non-hydrogen) atoms. The lowest BCUT2D eigenvalue weighted by Crippen LogP contribution is -2.63. The Kier molecular flexibility index (Phi) is 3.53. The molecule has 13 heteroatoms. The van der Waals surface area contributed by atoms with Crippen molar-refractivity contribution in [2.45, 2.75) is 42.2 Å². The molecule has 0 aliphatic heterocycles. The zero-order chi connectivity index (χ0) is 17.3. The van der Waals surface area contributed by atoms with E-state index in [4.69, 9.17) is 0 Å². The molecule has 0 aromatic rings. The van der Waals surface area contributed by atoms with Gasteiger partial charge in [-0.05, 0) is 0 Å². The maximum Gasteiger partial charge on any atom is 0.432 e. The highest BCUT2D eigenvalue weighted by molar-refractivity contribution is 5.17. The van der Waals surface area contributed by atoms with Gasteiger partial charge < -0.3 is 0 Å². The third kappa shape index (κ3) is 2.05. The van der Waals surface area contributed by atoms with Gasteiger partial charge in [-0.2, -0.15) is 52.7 Å². The first-order chi connectivity index (χ1) is 8.84. The van der Waals surface area contributed by atoms with E-state index in [0.29, 0.717) is 0 Å². The van der Waals surface area contributed by atoms with E-state index in [-0.39, 0.29) is 0 Å². The molecule has 1 aliphatic carbocycles. The van der Waals surface area contributed by atoms with Crippen LogP contribution in [-0.4, -0.2) is 35.8 Å². The number of rotatable bonds is 1. The highest BCUT2D eigenvalue weighted by atomic mass is 19.4. The Labute approximate surface area is 106 Å². The Balaban J connectivity index is 3.57. The second-order valence-corrected chi connectivity index (χ2v) is 4.37. The Morgan fingerprint density at radius 1 is 0.667 bits per heavy atom. The fourth-order valence-electron chi connectivity index (χ4n) is 1.92. The highest BCUT2D eigenvalue weighted by Gasteiger charge is 2.90. The van der Waals surface area contributed by atoms with Crippen molar-refractivity contribution in [1.82, 2.24) is 0 Å². The SMILES string of the molecule is FC(F)(F)C(F)(C1CC(F)(F)C(F)(F)C1(F)F)C(F)(F)F. The van der Waals surface area contributed by atoms with Crippen LogP contribution in [0.25, 0.3) is 0 Å². The summed E-state index contributed by atoms with van der Waals surface area (Å²) in [5.74, 6) is -24.1. The third-order valence-corrected chi connectivity index (χ3v) is 3.08. The Morgan fingerprint density at radius 2 is 1.00 bits per heavy atom. The fourth-order valence-corrected chi connectivity index (χ4v) is 1.92. The molecule has 1 saturated carbocycles. The molecule has 0 aromatic heterocycles. The molecule has 0 nitrogen and oxygen atoms in total. The molecule has 126 valence electrons. The van der Waals surface area contributed by atoms with Crippen LogP contribution < -0.4 is 0 Å². The van der Waals surface area contributed by atoms with Gasteiger partial charge in [-0.1, -0.05) is 0 Å². The van der Waals surface area contributed by atoms with E-state index in [1.165, 1.54) is 0 Å². The van der Waals surface area contributed by atoms with E-state index >= 15 is 0 Å². The fraction of sp³-hybridized carbons (Fsp3) is 1.00. The van der Waals surface area contributed by atoms with Crippen molar-refractivity contribution in [2.75, 3.05) is 0 Å². The van der Waals surface area contributed by atoms with Crippen LogP contribution >= 0.6 is 0 Å². The number of hydrogen-bond donors (Lipinski definition) is 0. The van der Waals surface area contributed by atoms with E-state index in [2.05, 4.69) is 0 Å². The number of hydrogen-bond acceptors (Lipinski definition) is 0. The van der Waals surface area contributed by atoms with Crippen LogP contribution in [-0.2, 0) is 0 Å². The average Bonchev–Trinajstić information content (AvgIpc) is 2.31. The molecule has 1 unspecified atom stereocenters. The smallest absolute Gasteiger partial charge is 0.223 e. The summed E-state index contributed by atoms with van der Waals surface area (Å²) in [6.45, 7) is 0. The summed E-state index contributed by atoms with van der Waals surface area (Å²) in [6, 6.07) is 0. The average molecular weight is 346 g/mol. The zero-order valence-electron chi connectivity index (χ0n) is 9.20. The van der Waals surface area contributed by atoms with E-state index in [1.54, 1.807) is 0 Å². The first kappa shape index (κ1) is 18.1. The normalized spacial score (nSPS) is 28.7. The zero-order valence-corrected chi connectivity index (χ0v) is 9.20. The highest BCUT2D eigenvalue weighted by Crippen LogP contribution is 2.67. The van der Waals surface area contributed by atoms with Gasteiger partial charge in [0.2, 0.25) is 0 Å². The molecule has 0 aromatic carbocycles. The lowest BCUT2D eigenvalue weighted by molar-refractivity contribution is -0.380. The molecule has 1 rings (SSSR count). The number of alkyl halides is 13. The van der Waals surface area contributed by atoms with Gasteiger partial charge in [0.15, 0.2) is 0 Å². The van der Waals surface area contributed by atoms with Crippen molar-refractivity contribution in [1.29, 1.82) is 0 Å². The summed E-state index contributed by atoms with van der Waals surface area (Å²) in [7, 11) is 0. The van der Waals surface area contributed by atoms with Crippen LogP contribution in [0.4, 0.5) is 57.1 Å². The van der Waals surface area contributed by atoms with Crippen LogP contribution in [0.1, 0.15) is 6.42 Å². The molecule has 0 N–H and O–H groups in total. The predicted octanol–water partition coefficient (Wildman–Crippen LogP) is 4.75. The second kappa shape index (κ2) is 4.09. The van der Waals surface area contributed by atoms with Crippen molar-refractivity contribution in [3.63, 3.8) is 0 Å². The van der Waals surface area contributed by atoms with Crippen LogP contribution in [0.2, 0.25) is 0 Å². The second-order valence-electron chi connectivity index (χ2n) is 4.37. The van der Waals surface area contributed by atoms with Gasteiger partial charge in [-0.15, -0.1) is 0 Å². The summed E-state index contributed by atoms with van der Waals surface area (Å²) in [4.78, 5) is 0. The van der Waals surface area contributed by atoms with Crippen molar-refractivity contribution in [3.05, 3.63) is 0 Å². The number of halogens is 13.